The highest BCUT2D eigenvalue weighted by atomic mass is 79.9. The van der Waals surface area contributed by atoms with Crippen LogP contribution in [0.4, 0.5) is 0 Å². The zero-order chi connectivity index (χ0) is 26.5. The number of amides is 2. The molecule has 1 spiro atoms. The third-order valence-corrected chi connectivity index (χ3v) is 8.64. The maximum atomic E-state index is 14.1. The number of allylic oxidation sites excluding steroid dienone is 1. The number of carbonyl (C=O) groups excluding carboxylic acids is 3. The molecule has 1 N–H and O–H groups in total. The standard InChI is InChI=1S/C27H41BrN2O6/c1-5-9-11-12-15-35-26(34)20-21-24(32)30(18(8-4)17-31)23(27(21)16-19(28)22(20)36-27)25(33)29(13-7-3)14-10-6-2/h5,7,18-23,31H,1,3,6,8-17H2,2,4H3/t18-,19?,20-,21-,22-,23?,27?/m0/s1. The minimum Gasteiger partial charge on any atom is -0.465 e. The van der Waals surface area contributed by atoms with Crippen LogP contribution in [0.2, 0.25) is 0 Å². The van der Waals surface area contributed by atoms with E-state index in [2.05, 4.69) is 36.0 Å². The van der Waals surface area contributed by atoms with Gasteiger partial charge in [-0.15, -0.1) is 13.2 Å². The van der Waals surface area contributed by atoms with E-state index >= 15 is 0 Å². The molecular formula is C27H41BrN2O6. The molecule has 3 heterocycles. The summed E-state index contributed by atoms with van der Waals surface area (Å²) in [5, 5.41) is 10.1. The Kier molecular flexibility index (Phi) is 10.2. The number of halogens is 1. The molecule has 0 aromatic rings. The van der Waals surface area contributed by atoms with E-state index in [-0.39, 0.29) is 29.9 Å². The van der Waals surface area contributed by atoms with Crippen molar-refractivity contribution in [2.24, 2.45) is 11.8 Å². The third-order valence-electron chi connectivity index (χ3n) is 7.80. The molecule has 0 saturated carbocycles. The molecule has 9 heteroatoms. The highest BCUT2D eigenvalue weighted by Crippen LogP contribution is 2.60. The SMILES string of the molecule is C=CCCCCOC(=O)[C@H]1[C@H]2C(=O)N([C@@H](CC)CO)C(C(=O)N(CC=C)CCCC)C23CC(Br)[C@@H]1O3. The zero-order valence-corrected chi connectivity index (χ0v) is 23.2. The summed E-state index contributed by atoms with van der Waals surface area (Å²) in [6.07, 6.45) is 8.03. The Hall–Kier alpha value is -1.71. The first kappa shape index (κ1) is 28.9. The van der Waals surface area contributed by atoms with E-state index in [1.165, 1.54) is 4.90 Å². The molecule has 2 bridgehead atoms. The lowest BCUT2D eigenvalue weighted by atomic mass is 9.70. The molecule has 3 rings (SSSR count). The maximum absolute atomic E-state index is 14.1. The van der Waals surface area contributed by atoms with Crippen molar-refractivity contribution in [3.8, 4) is 0 Å². The smallest absolute Gasteiger partial charge is 0.312 e. The van der Waals surface area contributed by atoms with E-state index < -0.39 is 41.6 Å². The molecule has 3 aliphatic heterocycles. The predicted octanol–water partition coefficient (Wildman–Crippen LogP) is 3.22. The van der Waals surface area contributed by atoms with Crippen LogP contribution in [0, 0.1) is 11.8 Å². The molecule has 3 fully saturated rings. The van der Waals surface area contributed by atoms with Gasteiger partial charge in [-0.05, 0) is 38.5 Å². The number of likely N-dealkylation sites (tertiary alicyclic amines) is 1. The van der Waals surface area contributed by atoms with Crippen molar-refractivity contribution < 1.29 is 29.0 Å². The topological polar surface area (TPSA) is 96.4 Å². The number of carbonyl (C=O) groups is 3. The lowest BCUT2D eigenvalue weighted by Crippen LogP contribution is -2.59. The summed E-state index contributed by atoms with van der Waals surface area (Å²) in [7, 11) is 0. The summed E-state index contributed by atoms with van der Waals surface area (Å²) in [5.41, 5.74) is -1.15. The number of nitrogens with zero attached hydrogens (tertiary/aromatic N) is 2. The number of rotatable bonds is 15. The molecule has 3 saturated heterocycles. The Morgan fingerprint density at radius 2 is 2.06 bits per heavy atom. The highest BCUT2D eigenvalue weighted by Gasteiger charge is 2.77. The number of hydrogen-bond donors (Lipinski definition) is 1. The van der Waals surface area contributed by atoms with Gasteiger partial charge in [0.2, 0.25) is 11.8 Å². The molecule has 7 atom stereocenters. The second kappa shape index (κ2) is 12.7. The van der Waals surface area contributed by atoms with Crippen LogP contribution in [-0.2, 0) is 23.9 Å². The van der Waals surface area contributed by atoms with E-state index in [4.69, 9.17) is 9.47 Å². The Morgan fingerprint density at radius 1 is 1.31 bits per heavy atom. The Balaban J connectivity index is 1.96. The van der Waals surface area contributed by atoms with E-state index in [9.17, 15) is 19.5 Å². The summed E-state index contributed by atoms with van der Waals surface area (Å²) in [5.74, 6) is -2.59. The third kappa shape index (κ3) is 5.16. The Morgan fingerprint density at radius 3 is 2.67 bits per heavy atom. The van der Waals surface area contributed by atoms with Gasteiger partial charge in [0, 0.05) is 17.9 Å². The first-order chi connectivity index (χ1) is 17.3. The minimum absolute atomic E-state index is 0.187. The van der Waals surface area contributed by atoms with Crippen molar-refractivity contribution in [1.29, 1.82) is 0 Å². The van der Waals surface area contributed by atoms with Gasteiger partial charge in [-0.1, -0.05) is 48.4 Å². The molecule has 0 aliphatic carbocycles. The largest absolute Gasteiger partial charge is 0.465 e. The molecule has 3 unspecified atom stereocenters. The van der Waals surface area contributed by atoms with Crippen LogP contribution in [0.5, 0.6) is 0 Å². The van der Waals surface area contributed by atoms with Crippen molar-refractivity contribution in [2.75, 3.05) is 26.3 Å². The van der Waals surface area contributed by atoms with Gasteiger partial charge in [0.05, 0.1) is 37.2 Å². The van der Waals surface area contributed by atoms with Crippen molar-refractivity contribution in [2.45, 2.75) is 87.4 Å². The number of alkyl halides is 1. The van der Waals surface area contributed by atoms with E-state index in [0.717, 1.165) is 25.7 Å². The van der Waals surface area contributed by atoms with Gasteiger partial charge in [-0.25, -0.2) is 0 Å². The molecular weight excluding hydrogens is 528 g/mol. The second-order valence-corrected chi connectivity index (χ2v) is 11.2. The van der Waals surface area contributed by atoms with Gasteiger partial charge >= 0.3 is 5.97 Å². The summed E-state index contributed by atoms with van der Waals surface area (Å²) < 4.78 is 12.1. The fourth-order valence-electron chi connectivity index (χ4n) is 6.05. The zero-order valence-electron chi connectivity index (χ0n) is 21.6. The number of aliphatic hydroxyl groups is 1. The van der Waals surface area contributed by atoms with Crippen LogP contribution in [0.15, 0.2) is 25.3 Å². The molecule has 202 valence electrons. The normalized spacial score (nSPS) is 31.3. The highest BCUT2D eigenvalue weighted by molar-refractivity contribution is 9.09. The number of esters is 1. The average molecular weight is 570 g/mol. The lowest BCUT2D eigenvalue weighted by molar-refractivity contribution is -0.156. The second-order valence-electron chi connectivity index (χ2n) is 10.0. The number of ether oxygens (including phenoxy) is 2. The van der Waals surface area contributed by atoms with Crippen LogP contribution in [0.3, 0.4) is 0 Å². The van der Waals surface area contributed by atoms with Crippen LogP contribution in [0.1, 0.15) is 58.8 Å². The monoisotopic (exact) mass is 568 g/mol. The number of aliphatic hydroxyl groups excluding tert-OH is 1. The van der Waals surface area contributed by atoms with E-state index in [1.54, 1.807) is 11.0 Å². The van der Waals surface area contributed by atoms with Gasteiger partial charge in [-0.2, -0.15) is 0 Å². The Bertz CT molecular complexity index is 833. The van der Waals surface area contributed by atoms with Crippen molar-refractivity contribution in [3.05, 3.63) is 25.3 Å². The van der Waals surface area contributed by atoms with Crippen molar-refractivity contribution in [1.82, 2.24) is 9.80 Å². The van der Waals surface area contributed by atoms with Crippen LogP contribution >= 0.6 is 15.9 Å². The maximum Gasteiger partial charge on any atom is 0.312 e. The quantitative estimate of drug-likeness (QED) is 0.141. The molecule has 0 radical (unpaired) electrons. The molecule has 0 aromatic carbocycles. The fourth-order valence-corrected chi connectivity index (χ4v) is 6.99. The number of fused-ring (bicyclic) bond motifs is 1. The van der Waals surface area contributed by atoms with Gasteiger partial charge in [0.1, 0.15) is 11.6 Å². The first-order valence-corrected chi connectivity index (χ1v) is 14.2. The van der Waals surface area contributed by atoms with Crippen LogP contribution in [0.25, 0.3) is 0 Å². The summed E-state index contributed by atoms with van der Waals surface area (Å²) in [6, 6.07) is -1.46. The summed E-state index contributed by atoms with van der Waals surface area (Å²) in [6.45, 7) is 12.3. The molecule has 3 aliphatic rings. The summed E-state index contributed by atoms with van der Waals surface area (Å²) in [4.78, 5) is 44.4. The predicted molar refractivity (Wildman–Crippen MR) is 140 cm³/mol. The number of hydrogen-bond acceptors (Lipinski definition) is 6. The van der Waals surface area contributed by atoms with Gasteiger partial charge in [0.15, 0.2) is 0 Å². The van der Waals surface area contributed by atoms with Gasteiger partial charge in [0.25, 0.3) is 0 Å². The minimum atomic E-state index is -1.15. The van der Waals surface area contributed by atoms with Gasteiger partial charge < -0.3 is 24.4 Å². The van der Waals surface area contributed by atoms with Crippen molar-refractivity contribution in [3.63, 3.8) is 0 Å². The first-order valence-electron chi connectivity index (χ1n) is 13.2. The molecule has 36 heavy (non-hydrogen) atoms. The molecule has 8 nitrogen and oxygen atoms in total. The van der Waals surface area contributed by atoms with E-state index in [1.807, 2.05) is 13.0 Å². The average Bonchev–Trinajstić information content (AvgIpc) is 3.46. The van der Waals surface area contributed by atoms with Crippen LogP contribution in [-0.4, -0.2) is 87.6 Å². The van der Waals surface area contributed by atoms with Crippen LogP contribution < -0.4 is 0 Å². The fraction of sp³-hybridized carbons (Fsp3) is 0.741. The van der Waals surface area contributed by atoms with Gasteiger partial charge in [-0.3, -0.25) is 14.4 Å². The molecule has 2 amide bonds. The number of unbranched alkanes of at least 4 members (excludes halogenated alkanes) is 3. The lowest BCUT2D eigenvalue weighted by Gasteiger charge is -2.39. The van der Waals surface area contributed by atoms with E-state index in [0.29, 0.717) is 32.4 Å². The Labute approximate surface area is 223 Å². The van der Waals surface area contributed by atoms with Crippen molar-refractivity contribution >= 4 is 33.7 Å². The summed E-state index contributed by atoms with van der Waals surface area (Å²) >= 11 is 3.67. The molecule has 0 aromatic heterocycles.